The molecule has 0 N–H and O–H groups in total. The number of halogens is 4. The molecule has 2 unspecified atom stereocenters. The van der Waals surface area contributed by atoms with Gasteiger partial charge in [0.1, 0.15) is 5.82 Å². The molecule has 0 aliphatic carbocycles. The van der Waals surface area contributed by atoms with Gasteiger partial charge in [0.15, 0.2) is 0 Å². The molecule has 0 aliphatic heterocycles. The summed E-state index contributed by atoms with van der Waals surface area (Å²) in [6.45, 7) is 4.04. The topological polar surface area (TPSA) is 0 Å². The van der Waals surface area contributed by atoms with E-state index in [1.807, 2.05) is 19.9 Å². The van der Waals surface area contributed by atoms with Crippen molar-refractivity contribution in [2.45, 2.75) is 44.7 Å². The van der Waals surface area contributed by atoms with Crippen LogP contribution in [-0.4, -0.2) is 0 Å². The minimum Gasteiger partial charge on any atom is -0.207 e. The summed E-state index contributed by atoms with van der Waals surface area (Å²) >= 11 is 0. The van der Waals surface area contributed by atoms with Crippen molar-refractivity contribution in [1.29, 1.82) is 0 Å². The molecule has 0 bridgehead atoms. The van der Waals surface area contributed by atoms with Crippen molar-refractivity contribution in [1.82, 2.24) is 0 Å². The highest BCUT2D eigenvalue weighted by Gasteiger charge is 2.30. The molecule has 0 saturated heterocycles. The van der Waals surface area contributed by atoms with E-state index in [9.17, 15) is 17.6 Å². The Morgan fingerprint density at radius 2 is 1.39 bits per heavy atom. The number of benzene rings is 2. The van der Waals surface area contributed by atoms with Gasteiger partial charge >= 0.3 is 6.18 Å². The molecule has 0 aromatic heterocycles. The molecule has 0 aliphatic rings. The molecule has 23 heavy (non-hydrogen) atoms. The van der Waals surface area contributed by atoms with Gasteiger partial charge < -0.3 is 0 Å². The summed E-state index contributed by atoms with van der Waals surface area (Å²) in [7, 11) is 0. The second-order valence-electron chi connectivity index (χ2n) is 6.05. The molecule has 2 aromatic carbocycles. The molecule has 0 fully saturated rings. The van der Waals surface area contributed by atoms with Crippen LogP contribution in [0.25, 0.3) is 0 Å². The third-order valence-corrected chi connectivity index (χ3v) is 4.26. The second-order valence-corrected chi connectivity index (χ2v) is 6.05. The van der Waals surface area contributed by atoms with Crippen LogP contribution in [0.1, 0.15) is 55.2 Å². The second kappa shape index (κ2) is 7.16. The summed E-state index contributed by atoms with van der Waals surface area (Å²) < 4.78 is 50.9. The molecule has 124 valence electrons. The monoisotopic (exact) mass is 324 g/mol. The highest BCUT2D eigenvalue weighted by molar-refractivity contribution is 5.27. The van der Waals surface area contributed by atoms with Gasteiger partial charge in [-0.1, -0.05) is 38.1 Å². The average Bonchev–Trinajstić information content (AvgIpc) is 2.51. The van der Waals surface area contributed by atoms with Crippen molar-refractivity contribution in [2.75, 3.05) is 0 Å². The van der Waals surface area contributed by atoms with Gasteiger partial charge in [-0.05, 0) is 60.1 Å². The van der Waals surface area contributed by atoms with E-state index in [4.69, 9.17) is 0 Å². The van der Waals surface area contributed by atoms with E-state index in [1.54, 1.807) is 18.2 Å². The van der Waals surface area contributed by atoms with Crippen LogP contribution in [0.4, 0.5) is 17.6 Å². The maximum absolute atomic E-state index is 13.2. The van der Waals surface area contributed by atoms with Crippen molar-refractivity contribution < 1.29 is 17.6 Å². The fourth-order valence-corrected chi connectivity index (χ4v) is 2.65. The lowest BCUT2D eigenvalue weighted by molar-refractivity contribution is -0.137. The van der Waals surface area contributed by atoms with Gasteiger partial charge in [0.25, 0.3) is 0 Å². The summed E-state index contributed by atoms with van der Waals surface area (Å²) in [6, 6.07) is 11.9. The first-order valence-corrected chi connectivity index (χ1v) is 7.70. The van der Waals surface area contributed by atoms with E-state index in [-0.39, 0.29) is 17.7 Å². The highest BCUT2D eigenvalue weighted by Crippen LogP contribution is 2.32. The predicted molar refractivity (Wildman–Crippen MR) is 83.9 cm³/mol. The molecule has 0 spiro atoms. The largest absolute Gasteiger partial charge is 0.416 e. The van der Waals surface area contributed by atoms with Gasteiger partial charge in [-0.3, -0.25) is 0 Å². The Labute approximate surface area is 134 Å². The van der Waals surface area contributed by atoms with Crippen LogP contribution < -0.4 is 0 Å². The predicted octanol–water partition coefficient (Wildman–Crippen LogP) is 6.53. The van der Waals surface area contributed by atoms with Crippen LogP contribution in [0.3, 0.4) is 0 Å². The molecule has 0 nitrogen and oxygen atoms in total. The molecular formula is C19H20F4. The third kappa shape index (κ3) is 4.81. The SMILES string of the molecule is CC(CCC(C)c1cccc(F)c1)c1ccc(C(F)(F)F)cc1. The Balaban J connectivity index is 1.95. The Morgan fingerprint density at radius 3 is 1.91 bits per heavy atom. The average molecular weight is 324 g/mol. The maximum Gasteiger partial charge on any atom is 0.416 e. The Morgan fingerprint density at radius 1 is 0.826 bits per heavy atom. The summed E-state index contributed by atoms with van der Waals surface area (Å²) in [5, 5.41) is 0. The van der Waals surface area contributed by atoms with E-state index in [0.717, 1.165) is 36.1 Å². The van der Waals surface area contributed by atoms with Crippen LogP contribution in [0.2, 0.25) is 0 Å². The highest BCUT2D eigenvalue weighted by atomic mass is 19.4. The smallest absolute Gasteiger partial charge is 0.207 e. The van der Waals surface area contributed by atoms with E-state index in [0.29, 0.717) is 0 Å². The summed E-state index contributed by atoms with van der Waals surface area (Å²) in [5.74, 6) is 0.126. The Hall–Kier alpha value is -1.84. The zero-order valence-electron chi connectivity index (χ0n) is 13.2. The first-order chi connectivity index (χ1) is 10.8. The number of hydrogen-bond donors (Lipinski definition) is 0. The van der Waals surface area contributed by atoms with Crippen molar-refractivity contribution in [3.63, 3.8) is 0 Å². The lowest BCUT2D eigenvalue weighted by Crippen LogP contribution is -2.05. The van der Waals surface area contributed by atoms with Crippen LogP contribution in [0, 0.1) is 5.82 Å². The van der Waals surface area contributed by atoms with Crippen molar-refractivity contribution in [3.8, 4) is 0 Å². The van der Waals surface area contributed by atoms with Crippen LogP contribution in [-0.2, 0) is 6.18 Å². The van der Waals surface area contributed by atoms with E-state index < -0.39 is 11.7 Å². The van der Waals surface area contributed by atoms with Gasteiger partial charge in [-0.25, -0.2) is 4.39 Å². The third-order valence-electron chi connectivity index (χ3n) is 4.26. The van der Waals surface area contributed by atoms with Crippen molar-refractivity contribution in [3.05, 3.63) is 71.0 Å². The first kappa shape index (κ1) is 17.5. The van der Waals surface area contributed by atoms with Gasteiger partial charge in [0.2, 0.25) is 0 Å². The quantitative estimate of drug-likeness (QED) is 0.548. The zero-order chi connectivity index (χ0) is 17.0. The number of alkyl halides is 3. The molecule has 2 rings (SSSR count). The minimum absolute atomic E-state index is 0.160. The fourth-order valence-electron chi connectivity index (χ4n) is 2.65. The molecule has 0 saturated carbocycles. The molecule has 0 radical (unpaired) electrons. The van der Waals surface area contributed by atoms with E-state index in [2.05, 4.69) is 0 Å². The Bertz CT molecular complexity index is 629. The number of rotatable bonds is 5. The zero-order valence-corrected chi connectivity index (χ0v) is 13.2. The van der Waals surface area contributed by atoms with Crippen LogP contribution >= 0.6 is 0 Å². The maximum atomic E-state index is 13.2. The molecule has 0 heterocycles. The minimum atomic E-state index is -4.30. The lowest BCUT2D eigenvalue weighted by Gasteiger charge is -2.17. The van der Waals surface area contributed by atoms with E-state index >= 15 is 0 Å². The van der Waals surface area contributed by atoms with Gasteiger partial charge in [-0.2, -0.15) is 13.2 Å². The fraction of sp³-hybridized carbons (Fsp3) is 0.368. The van der Waals surface area contributed by atoms with Crippen LogP contribution in [0.5, 0.6) is 0 Å². The number of hydrogen-bond acceptors (Lipinski definition) is 0. The molecule has 4 heteroatoms. The van der Waals surface area contributed by atoms with Gasteiger partial charge in [0, 0.05) is 0 Å². The molecule has 0 amide bonds. The van der Waals surface area contributed by atoms with Crippen LogP contribution in [0.15, 0.2) is 48.5 Å². The first-order valence-electron chi connectivity index (χ1n) is 7.70. The summed E-state index contributed by atoms with van der Waals surface area (Å²) in [6.07, 6.45) is -2.61. The normalized spacial score (nSPS) is 14.5. The molecule has 2 atom stereocenters. The standard InChI is InChI=1S/C19H20F4/c1-13(15-8-10-17(11-9-15)19(21,22)23)6-7-14(2)16-4-3-5-18(20)12-16/h3-5,8-14H,6-7H2,1-2H3. The Kier molecular flexibility index (Phi) is 5.45. The van der Waals surface area contributed by atoms with Gasteiger partial charge in [-0.15, -0.1) is 0 Å². The lowest BCUT2D eigenvalue weighted by atomic mass is 9.89. The summed E-state index contributed by atoms with van der Waals surface area (Å²) in [4.78, 5) is 0. The van der Waals surface area contributed by atoms with Crippen molar-refractivity contribution in [2.24, 2.45) is 0 Å². The molecule has 2 aromatic rings. The molecular weight excluding hydrogens is 304 g/mol. The van der Waals surface area contributed by atoms with Crippen molar-refractivity contribution >= 4 is 0 Å². The van der Waals surface area contributed by atoms with Gasteiger partial charge in [0.05, 0.1) is 5.56 Å². The summed E-state index contributed by atoms with van der Waals surface area (Å²) in [5.41, 5.74) is 1.22. The van der Waals surface area contributed by atoms with E-state index in [1.165, 1.54) is 12.1 Å².